The molecule has 0 amide bonds. The Morgan fingerprint density at radius 1 is 0.207 bits per heavy atom. The van der Waals surface area contributed by atoms with E-state index < -0.39 is 0 Å². The number of nitrogens with zero attached hydrogens (tertiary/aromatic N) is 4. The number of furan rings is 2. The Balaban J connectivity index is 0.685. The maximum Gasteiger partial charge on any atom is 0.159 e. The molecule has 0 atom stereocenters. The Hall–Kier alpha value is -12.4. The number of hydrogen-bond donors (Lipinski definition) is 0. The monoisotopic (exact) mass is 1170 g/mol. The Morgan fingerprint density at radius 3 is 1.41 bits per heavy atom. The van der Waals surface area contributed by atoms with E-state index in [9.17, 15) is 0 Å². The molecule has 0 aliphatic carbocycles. The van der Waals surface area contributed by atoms with Gasteiger partial charge >= 0.3 is 0 Å². The minimum atomic E-state index is 0.873. The molecule has 0 saturated heterocycles. The molecule has 21 aromatic rings. The molecule has 0 unspecified atom stereocenters. The molecule has 6 heterocycles. The highest BCUT2D eigenvalue weighted by Crippen LogP contribution is 2.47. The summed E-state index contributed by atoms with van der Waals surface area (Å²) < 4.78 is 23.4. The molecule has 426 valence electrons. The number of fused-ring (bicyclic) bond motifs is 22. The van der Waals surface area contributed by atoms with Crippen molar-refractivity contribution in [3.8, 4) is 45.0 Å². The van der Waals surface area contributed by atoms with Gasteiger partial charge < -0.3 is 27.1 Å². The highest BCUT2D eigenvalue weighted by Gasteiger charge is 2.25. The fraction of sp³-hybridized carbons (Fsp3) is 0. The van der Waals surface area contributed by atoms with E-state index in [1.54, 1.807) is 0 Å². The second-order valence-corrected chi connectivity index (χ2v) is 24.7. The lowest BCUT2D eigenvalue weighted by molar-refractivity contribution is 0.667. The summed E-state index contributed by atoms with van der Waals surface area (Å²) in [5, 5.41) is 18.9. The summed E-state index contributed by atoms with van der Waals surface area (Å²) in [6.45, 7) is 0. The summed E-state index contributed by atoms with van der Waals surface area (Å²) in [7, 11) is 0. The Kier molecular flexibility index (Phi) is 10.0. The molecular weight excluding hydrogens is 1120 g/mol. The van der Waals surface area contributed by atoms with Crippen LogP contribution in [-0.2, 0) is 0 Å². The van der Waals surface area contributed by atoms with Gasteiger partial charge in [-0.25, -0.2) is 0 Å². The largest absolute Gasteiger partial charge is 0.456 e. The van der Waals surface area contributed by atoms with E-state index in [-0.39, 0.29) is 0 Å². The molecule has 6 heteroatoms. The summed E-state index contributed by atoms with van der Waals surface area (Å²) in [6.07, 6.45) is 0. The van der Waals surface area contributed by atoms with Gasteiger partial charge in [0, 0.05) is 87.8 Å². The third kappa shape index (κ3) is 6.92. The quantitative estimate of drug-likeness (QED) is 0.167. The second-order valence-electron chi connectivity index (χ2n) is 24.7. The van der Waals surface area contributed by atoms with Crippen molar-refractivity contribution in [2.45, 2.75) is 0 Å². The molecule has 0 bridgehead atoms. The molecule has 6 nitrogen and oxygen atoms in total. The van der Waals surface area contributed by atoms with Gasteiger partial charge in [0.2, 0.25) is 0 Å². The van der Waals surface area contributed by atoms with Crippen LogP contribution in [0.5, 0.6) is 0 Å². The number of aromatic nitrogens is 4. The second kappa shape index (κ2) is 18.6. The van der Waals surface area contributed by atoms with Gasteiger partial charge in [-0.3, -0.25) is 0 Å². The van der Waals surface area contributed by atoms with Gasteiger partial charge in [0.05, 0.1) is 49.8 Å². The average molecular weight is 1170 g/mol. The van der Waals surface area contributed by atoms with Crippen LogP contribution in [0.3, 0.4) is 0 Å². The van der Waals surface area contributed by atoms with Crippen molar-refractivity contribution in [1.29, 1.82) is 0 Å². The minimum Gasteiger partial charge on any atom is -0.456 e. The molecule has 0 aliphatic rings. The van der Waals surface area contributed by atoms with Crippen molar-refractivity contribution < 1.29 is 8.83 Å². The van der Waals surface area contributed by atoms with Crippen molar-refractivity contribution in [2.24, 2.45) is 0 Å². The van der Waals surface area contributed by atoms with Gasteiger partial charge in [0.15, 0.2) is 5.58 Å². The Bertz CT molecular complexity index is 6740. The van der Waals surface area contributed by atoms with Gasteiger partial charge in [-0.2, -0.15) is 0 Å². The molecule has 0 N–H and O–H groups in total. The van der Waals surface area contributed by atoms with Crippen LogP contribution in [0.2, 0.25) is 0 Å². The zero-order chi connectivity index (χ0) is 59.9. The van der Waals surface area contributed by atoms with Gasteiger partial charge in [0.25, 0.3) is 0 Å². The van der Waals surface area contributed by atoms with Crippen molar-refractivity contribution in [2.75, 3.05) is 0 Å². The summed E-state index contributed by atoms with van der Waals surface area (Å²) in [6, 6.07) is 111. The van der Waals surface area contributed by atoms with Crippen LogP contribution < -0.4 is 0 Å². The number of rotatable bonds is 6. The van der Waals surface area contributed by atoms with Crippen LogP contribution in [0.15, 0.2) is 312 Å². The smallest absolute Gasteiger partial charge is 0.159 e. The van der Waals surface area contributed by atoms with E-state index in [0.29, 0.717) is 0 Å². The number of benzene rings is 15. The summed E-state index contributed by atoms with van der Waals surface area (Å²) in [5.74, 6) is 0. The molecule has 0 aliphatic heterocycles. The predicted octanol–water partition coefficient (Wildman–Crippen LogP) is 23.5. The highest BCUT2D eigenvalue weighted by molar-refractivity contribution is 6.30. The van der Waals surface area contributed by atoms with Crippen molar-refractivity contribution >= 4 is 153 Å². The molecule has 0 spiro atoms. The number of para-hydroxylation sites is 5. The maximum absolute atomic E-state index is 6.90. The van der Waals surface area contributed by atoms with Crippen LogP contribution in [0.25, 0.3) is 198 Å². The lowest BCUT2D eigenvalue weighted by atomic mass is 9.97. The van der Waals surface area contributed by atoms with E-state index in [0.717, 1.165) is 127 Å². The van der Waals surface area contributed by atoms with E-state index in [2.05, 4.69) is 322 Å². The minimum absolute atomic E-state index is 0.873. The van der Waals surface area contributed by atoms with Crippen LogP contribution in [-0.4, -0.2) is 18.3 Å². The van der Waals surface area contributed by atoms with E-state index >= 15 is 0 Å². The molecular formula is C86H50N4O2. The van der Waals surface area contributed by atoms with E-state index in [1.807, 2.05) is 0 Å². The maximum atomic E-state index is 6.90. The van der Waals surface area contributed by atoms with Crippen LogP contribution in [0, 0.1) is 0 Å². The zero-order valence-corrected chi connectivity index (χ0v) is 49.5. The van der Waals surface area contributed by atoms with Crippen LogP contribution in [0.4, 0.5) is 0 Å². The first-order valence-corrected chi connectivity index (χ1v) is 31.5. The summed E-state index contributed by atoms with van der Waals surface area (Å²) in [4.78, 5) is 0. The van der Waals surface area contributed by atoms with E-state index in [1.165, 1.54) is 70.2 Å². The molecule has 0 radical (unpaired) electrons. The first-order valence-electron chi connectivity index (χ1n) is 31.5. The van der Waals surface area contributed by atoms with Gasteiger partial charge in [-0.05, 0) is 159 Å². The first-order chi connectivity index (χ1) is 45.6. The molecule has 0 fully saturated rings. The lowest BCUT2D eigenvalue weighted by Crippen LogP contribution is -1.95. The van der Waals surface area contributed by atoms with Gasteiger partial charge in [0.1, 0.15) is 16.7 Å². The van der Waals surface area contributed by atoms with Gasteiger partial charge in [-0.15, -0.1) is 0 Å². The average Bonchev–Trinajstić information content (AvgIpc) is 1.56. The van der Waals surface area contributed by atoms with Gasteiger partial charge in [-0.1, -0.05) is 182 Å². The molecule has 15 aromatic carbocycles. The Morgan fingerprint density at radius 2 is 0.674 bits per heavy atom. The number of hydrogen-bond acceptors (Lipinski definition) is 2. The fourth-order valence-electron chi connectivity index (χ4n) is 15.8. The van der Waals surface area contributed by atoms with Crippen molar-refractivity contribution in [1.82, 2.24) is 18.3 Å². The SMILES string of the molecule is c1ccc(-n2c3cc(-c4cccc(-c5ccc(-n6c7ccccc7c7c6ccc6c8ccccc8n(-c8ccc9c(c8)oc8cc%10ccccc%10cc89)c67)cc5)c4)ccc3c3c4c5ccccc5n(-c5cccc6c5oc5cc7ccccc7cc56)c4ccc32)cc1. The third-order valence-electron chi connectivity index (χ3n) is 19.9. The zero-order valence-electron chi connectivity index (χ0n) is 49.5. The Labute approximate surface area is 525 Å². The predicted molar refractivity (Wildman–Crippen MR) is 384 cm³/mol. The van der Waals surface area contributed by atoms with Crippen LogP contribution >= 0.6 is 0 Å². The third-order valence-corrected chi connectivity index (χ3v) is 19.9. The van der Waals surface area contributed by atoms with E-state index in [4.69, 9.17) is 8.83 Å². The molecule has 21 rings (SSSR count). The summed E-state index contributed by atoms with van der Waals surface area (Å²) in [5.41, 5.74) is 21.7. The standard InChI is InChI=1S/C86H50N4O2/c1-2-22-59(23-3-1)88-74-42-43-75-82(66-25-9-13-30-73(66)90(75)77-31-15-27-65-70-46-55-17-5-7-19-57(55)49-80(70)92-86(65)77)83(74)68-38-34-58(47-78(68)88)53-21-14-20-52(44-53)51-32-35-60(36-33-51)87-72-29-12-10-26-67(72)84-76(87)41-40-64-62-24-8-11-28-71(62)89(85(64)84)61-37-39-63-69-45-54-16-4-6-18-56(54)48-79(69)91-81(63)50-61/h1-50H. The van der Waals surface area contributed by atoms with Crippen molar-refractivity contribution in [3.63, 3.8) is 0 Å². The highest BCUT2D eigenvalue weighted by atomic mass is 16.3. The van der Waals surface area contributed by atoms with Crippen LogP contribution in [0.1, 0.15) is 0 Å². The molecule has 0 saturated carbocycles. The molecule has 6 aromatic heterocycles. The normalized spacial score (nSPS) is 12.3. The summed E-state index contributed by atoms with van der Waals surface area (Å²) >= 11 is 0. The topological polar surface area (TPSA) is 46.0 Å². The lowest BCUT2D eigenvalue weighted by Gasteiger charge is -2.12. The first kappa shape index (κ1) is 49.6. The van der Waals surface area contributed by atoms with Crippen molar-refractivity contribution in [3.05, 3.63) is 303 Å². The fourth-order valence-corrected chi connectivity index (χ4v) is 15.8. The molecule has 92 heavy (non-hydrogen) atoms.